The first-order valence-corrected chi connectivity index (χ1v) is 4.61. The molecule has 1 aromatic carbocycles. The predicted molar refractivity (Wildman–Crippen MR) is 55.4 cm³/mol. The van der Waals surface area contributed by atoms with E-state index >= 15 is 0 Å². The fourth-order valence-corrected chi connectivity index (χ4v) is 1.21. The number of amidine groups is 1. The summed E-state index contributed by atoms with van der Waals surface area (Å²) in [7, 11) is 0. The molecule has 5 heteroatoms. The second-order valence-electron chi connectivity index (χ2n) is 2.94. The highest BCUT2D eigenvalue weighted by atomic mass is 19.1. The van der Waals surface area contributed by atoms with Crippen molar-refractivity contribution in [2.24, 2.45) is 10.8 Å². The van der Waals surface area contributed by atoms with Crippen molar-refractivity contribution in [2.45, 2.75) is 13.3 Å². The fraction of sp³-hybridized carbons (Fsp3) is 0.300. The molecule has 3 nitrogen and oxygen atoms in total. The SMILES string of the molecule is CCN=C(Cc1c(F)cccc1F)NN. The van der Waals surface area contributed by atoms with Gasteiger partial charge in [-0.2, -0.15) is 0 Å². The highest BCUT2D eigenvalue weighted by Crippen LogP contribution is 2.12. The highest BCUT2D eigenvalue weighted by Gasteiger charge is 2.10. The third-order valence-electron chi connectivity index (χ3n) is 1.92. The minimum Gasteiger partial charge on any atom is -0.312 e. The molecule has 0 bridgehead atoms. The van der Waals surface area contributed by atoms with Crippen molar-refractivity contribution in [3.8, 4) is 0 Å². The van der Waals surface area contributed by atoms with Crippen LogP contribution in [-0.2, 0) is 6.42 Å². The lowest BCUT2D eigenvalue weighted by atomic mass is 10.1. The Bertz CT molecular complexity index is 343. The van der Waals surface area contributed by atoms with Gasteiger partial charge in [0, 0.05) is 18.5 Å². The van der Waals surface area contributed by atoms with Crippen LogP contribution in [0.25, 0.3) is 0 Å². The number of nitrogens with two attached hydrogens (primary N) is 1. The van der Waals surface area contributed by atoms with Crippen LogP contribution >= 0.6 is 0 Å². The van der Waals surface area contributed by atoms with E-state index in [0.717, 1.165) is 0 Å². The molecule has 0 radical (unpaired) electrons. The van der Waals surface area contributed by atoms with Gasteiger partial charge in [0.25, 0.3) is 0 Å². The first-order valence-electron chi connectivity index (χ1n) is 4.61. The van der Waals surface area contributed by atoms with E-state index in [1.807, 2.05) is 6.92 Å². The van der Waals surface area contributed by atoms with E-state index in [9.17, 15) is 8.78 Å². The number of nitrogens with one attached hydrogen (secondary N) is 1. The molecular weight excluding hydrogens is 200 g/mol. The minimum absolute atomic E-state index is 0.0253. The van der Waals surface area contributed by atoms with Gasteiger partial charge < -0.3 is 5.43 Å². The van der Waals surface area contributed by atoms with Crippen molar-refractivity contribution in [1.29, 1.82) is 0 Å². The summed E-state index contributed by atoms with van der Waals surface area (Å²) in [6, 6.07) is 3.73. The molecule has 82 valence electrons. The molecule has 0 spiro atoms. The van der Waals surface area contributed by atoms with Crippen LogP contribution in [0.3, 0.4) is 0 Å². The van der Waals surface area contributed by atoms with Gasteiger partial charge in [-0.3, -0.25) is 4.99 Å². The third-order valence-corrected chi connectivity index (χ3v) is 1.92. The Morgan fingerprint density at radius 3 is 2.47 bits per heavy atom. The Labute approximate surface area is 87.0 Å². The largest absolute Gasteiger partial charge is 0.312 e. The normalized spacial score (nSPS) is 11.6. The van der Waals surface area contributed by atoms with Crippen LogP contribution in [0.1, 0.15) is 12.5 Å². The molecule has 0 aliphatic heterocycles. The standard InChI is InChI=1S/C10H13F2N3/c1-2-14-10(15-13)6-7-8(11)4-3-5-9(7)12/h3-5H,2,6,13H2,1H3,(H,14,15). The van der Waals surface area contributed by atoms with Crippen molar-refractivity contribution < 1.29 is 8.78 Å². The molecule has 0 unspecified atom stereocenters. The van der Waals surface area contributed by atoms with E-state index < -0.39 is 11.6 Å². The van der Waals surface area contributed by atoms with Gasteiger partial charge in [0.15, 0.2) is 0 Å². The maximum absolute atomic E-state index is 13.2. The zero-order chi connectivity index (χ0) is 11.3. The average Bonchev–Trinajstić information content (AvgIpc) is 2.22. The van der Waals surface area contributed by atoms with Gasteiger partial charge in [-0.15, -0.1) is 0 Å². The second kappa shape index (κ2) is 5.41. The number of hydrogen-bond donors (Lipinski definition) is 2. The quantitative estimate of drug-likeness (QED) is 0.345. The van der Waals surface area contributed by atoms with Gasteiger partial charge in [-0.1, -0.05) is 6.07 Å². The molecule has 3 N–H and O–H groups in total. The summed E-state index contributed by atoms with van der Waals surface area (Å²) in [6.07, 6.45) is 0.0306. The Morgan fingerprint density at radius 1 is 1.40 bits per heavy atom. The lowest BCUT2D eigenvalue weighted by molar-refractivity contribution is 0.563. The summed E-state index contributed by atoms with van der Waals surface area (Å²) >= 11 is 0. The Balaban J connectivity index is 2.93. The molecular formula is C10H13F2N3. The number of aliphatic imine (C=N–C) groups is 1. The molecule has 1 aromatic rings. The van der Waals surface area contributed by atoms with E-state index in [-0.39, 0.29) is 12.0 Å². The van der Waals surface area contributed by atoms with Crippen molar-refractivity contribution in [3.05, 3.63) is 35.4 Å². The maximum Gasteiger partial charge on any atom is 0.129 e. The fourth-order valence-electron chi connectivity index (χ4n) is 1.21. The summed E-state index contributed by atoms with van der Waals surface area (Å²) in [5.41, 5.74) is 2.30. The summed E-state index contributed by atoms with van der Waals surface area (Å²) in [5.74, 6) is 4.37. The lowest BCUT2D eigenvalue weighted by Gasteiger charge is -2.07. The van der Waals surface area contributed by atoms with Gasteiger partial charge in [-0.25, -0.2) is 14.6 Å². The van der Waals surface area contributed by atoms with E-state index in [1.165, 1.54) is 18.2 Å². The van der Waals surface area contributed by atoms with E-state index in [2.05, 4.69) is 10.4 Å². The van der Waals surface area contributed by atoms with Gasteiger partial charge in [0.1, 0.15) is 17.5 Å². The first-order chi connectivity index (χ1) is 7.19. The van der Waals surface area contributed by atoms with Crippen molar-refractivity contribution in [1.82, 2.24) is 5.43 Å². The smallest absolute Gasteiger partial charge is 0.129 e. The van der Waals surface area contributed by atoms with Gasteiger partial charge in [-0.05, 0) is 19.1 Å². The van der Waals surface area contributed by atoms with Crippen LogP contribution in [0.2, 0.25) is 0 Å². The van der Waals surface area contributed by atoms with Crippen molar-refractivity contribution >= 4 is 5.84 Å². The molecule has 1 rings (SSSR count). The third kappa shape index (κ3) is 2.99. The second-order valence-corrected chi connectivity index (χ2v) is 2.94. The van der Waals surface area contributed by atoms with E-state index in [1.54, 1.807) is 0 Å². The number of nitrogens with zero attached hydrogens (tertiary/aromatic N) is 1. The van der Waals surface area contributed by atoms with Crippen LogP contribution < -0.4 is 11.3 Å². The van der Waals surface area contributed by atoms with Crippen molar-refractivity contribution in [3.63, 3.8) is 0 Å². The Kier molecular flexibility index (Phi) is 4.17. The Morgan fingerprint density at radius 2 is 2.00 bits per heavy atom. The molecule has 0 saturated carbocycles. The maximum atomic E-state index is 13.2. The number of rotatable bonds is 3. The van der Waals surface area contributed by atoms with Crippen LogP contribution in [0.15, 0.2) is 23.2 Å². The van der Waals surface area contributed by atoms with Crippen LogP contribution in [0, 0.1) is 11.6 Å². The van der Waals surface area contributed by atoms with Crippen LogP contribution in [0.5, 0.6) is 0 Å². The van der Waals surface area contributed by atoms with E-state index in [4.69, 9.17) is 5.84 Å². The molecule has 15 heavy (non-hydrogen) atoms. The number of halogens is 2. The molecule has 0 atom stereocenters. The van der Waals surface area contributed by atoms with E-state index in [0.29, 0.717) is 12.4 Å². The van der Waals surface area contributed by atoms with Crippen LogP contribution in [0.4, 0.5) is 8.78 Å². The zero-order valence-electron chi connectivity index (χ0n) is 8.43. The molecule has 0 amide bonds. The van der Waals surface area contributed by atoms with Gasteiger partial charge in [0.05, 0.1) is 0 Å². The summed E-state index contributed by atoms with van der Waals surface area (Å²) in [4.78, 5) is 3.97. The Hall–Kier alpha value is -1.49. The first kappa shape index (κ1) is 11.6. The molecule has 0 fully saturated rings. The molecule has 0 saturated heterocycles. The molecule has 0 aliphatic rings. The van der Waals surface area contributed by atoms with Crippen molar-refractivity contribution in [2.75, 3.05) is 6.54 Å². The number of benzene rings is 1. The lowest BCUT2D eigenvalue weighted by Crippen LogP contribution is -2.32. The zero-order valence-corrected chi connectivity index (χ0v) is 8.43. The molecule has 0 aliphatic carbocycles. The average molecular weight is 213 g/mol. The molecule has 0 aromatic heterocycles. The predicted octanol–water partition coefficient (Wildman–Crippen LogP) is 1.39. The highest BCUT2D eigenvalue weighted by molar-refractivity contribution is 5.83. The van der Waals surface area contributed by atoms with Gasteiger partial charge in [0.2, 0.25) is 0 Å². The van der Waals surface area contributed by atoms with Gasteiger partial charge >= 0.3 is 0 Å². The summed E-state index contributed by atoms with van der Waals surface area (Å²) in [6.45, 7) is 2.32. The summed E-state index contributed by atoms with van der Waals surface area (Å²) < 4.78 is 26.4. The summed E-state index contributed by atoms with van der Waals surface area (Å²) in [5, 5.41) is 0. The monoisotopic (exact) mass is 213 g/mol. The van der Waals surface area contributed by atoms with Crippen LogP contribution in [-0.4, -0.2) is 12.4 Å². The minimum atomic E-state index is -0.589. The number of hydrazine groups is 1. The topological polar surface area (TPSA) is 50.4 Å². The molecule has 0 heterocycles. The number of hydrogen-bond acceptors (Lipinski definition) is 2.